The largest absolute Gasteiger partial charge is 0.341 e. The van der Waals surface area contributed by atoms with E-state index < -0.39 is 0 Å². The number of ketones is 1. The average molecular weight is 223 g/mol. The molecule has 0 N–H and O–H groups in total. The van der Waals surface area contributed by atoms with E-state index in [1.165, 1.54) is 12.8 Å². The van der Waals surface area contributed by atoms with Gasteiger partial charge >= 0.3 is 0 Å². The molecule has 2 rings (SSSR count). The van der Waals surface area contributed by atoms with E-state index in [1.54, 1.807) is 0 Å². The van der Waals surface area contributed by atoms with Crippen molar-refractivity contribution in [2.75, 3.05) is 13.1 Å². The van der Waals surface area contributed by atoms with Gasteiger partial charge in [-0.1, -0.05) is 13.8 Å². The molecule has 2 aliphatic rings. The Kier molecular flexibility index (Phi) is 3.31. The van der Waals surface area contributed by atoms with Crippen molar-refractivity contribution in [1.29, 1.82) is 0 Å². The van der Waals surface area contributed by atoms with Gasteiger partial charge in [0.25, 0.3) is 0 Å². The first kappa shape index (κ1) is 11.6. The quantitative estimate of drug-likeness (QED) is 0.732. The number of nitrogens with zero attached hydrogens (tertiary/aromatic N) is 1. The van der Waals surface area contributed by atoms with Crippen LogP contribution in [-0.4, -0.2) is 29.7 Å². The zero-order valence-corrected chi connectivity index (χ0v) is 10.2. The van der Waals surface area contributed by atoms with E-state index in [0.717, 1.165) is 6.42 Å². The lowest BCUT2D eigenvalue weighted by molar-refractivity contribution is -0.140. The standard InChI is InChI=1S/C13H21NO2/c1-3-10-8-14(7-6-12(10)15)13(16)9(2)11-4-5-11/h9-11H,3-8H2,1-2H3. The highest BCUT2D eigenvalue weighted by molar-refractivity contribution is 5.86. The molecule has 2 atom stereocenters. The maximum absolute atomic E-state index is 12.2. The topological polar surface area (TPSA) is 37.4 Å². The van der Waals surface area contributed by atoms with E-state index in [0.29, 0.717) is 31.2 Å². The van der Waals surface area contributed by atoms with Gasteiger partial charge < -0.3 is 4.90 Å². The van der Waals surface area contributed by atoms with E-state index in [1.807, 2.05) is 18.7 Å². The molecule has 3 heteroatoms. The molecule has 2 unspecified atom stereocenters. The maximum atomic E-state index is 12.2. The normalized spacial score (nSPS) is 28.0. The molecule has 1 aliphatic heterocycles. The van der Waals surface area contributed by atoms with E-state index in [9.17, 15) is 9.59 Å². The van der Waals surface area contributed by atoms with Crippen LogP contribution in [-0.2, 0) is 9.59 Å². The van der Waals surface area contributed by atoms with Crippen LogP contribution in [0.1, 0.15) is 39.5 Å². The Morgan fingerprint density at radius 1 is 1.50 bits per heavy atom. The molecule has 0 aromatic rings. The third-order valence-electron chi connectivity index (χ3n) is 4.05. The predicted octanol–water partition coefficient (Wildman–Crippen LogP) is 1.86. The van der Waals surface area contributed by atoms with E-state index in [-0.39, 0.29) is 17.7 Å². The fourth-order valence-electron chi connectivity index (χ4n) is 2.55. The lowest BCUT2D eigenvalue weighted by atomic mass is 9.92. The minimum absolute atomic E-state index is 0.0871. The third-order valence-corrected chi connectivity index (χ3v) is 4.05. The van der Waals surface area contributed by atoms with Crippen molar-refractivity contribution in [3.05, 3.63) is 0 Å². The average Bonchev–Trinajstić information content (AvgIpc) is 3.11. The smallest absolute Gasteiger partial charge is 0.225 e. The first-order valence-electron chi connectivity index (χ1n) is 6.45. The summed E-state index contributed by atoms with van der Waals surface area (Å²) < 4.78 is 0. The predicted molar refractivity (Wildman–Crippen MR) is 61.9 cm³/mol. The Hall–Kier alpha value is -0.860. The monoisotopic (exact) mass is 223 g/mol. The Bertz CT molecular complexity index is 296. The second kappa shape index (κ2) is 4.56. The maximum Gasteiger partial charge on any atom is 0.225 e. The van der Waals surface area contributed by atoms with Crippen molar-refractivity contribution in [2.45, 2.75) is 39.5 Å². The first-order chi connectivity index (χ1) is 7.63. The molecular formula is C13H21NO2. The minimum atomic E-state index is 0.0871. The summed E-state index contributed by atoms with van der Waals surface area (Å²) in [4.78, 5) is 25.6. The summed E-state index contributed by atoms with van der Waals surface area (Å²) in [6.07, 6.45) is 3.83. The van der Waals surface area contributed by atoms with Crippen LogP contribution in [0.15, 0.2) is 0 Å². The fourth-order valence-corrected chi connectivity index (χ4v) is 2.55. The number of carbonyl (C=O) groups is 2. The van der Waals surface area contributed by atoms with Gasteiger partial charge in [-0.15, -0.1) is 0 Å². The minimum Gasteiger partial charge on any atom is -0.341 e. The molecular weight excluding hydrogens is 202 g/mol. The van der Waals surface area contributed by atoms with Gasteiger partial charge in [0.2, 0.25) is 5.91 Å². The fraction of sp³-hybridized carbons (Fsp3) is 0.846. The van der Waals surface area contributed by atoms with Crippen molar-refractivity contribution < 1.29 is 9.59 Å². The number of hydrogen-bond donors (Lipinski definition) is 0. The van der Waals surface area contributed by atoms with Crippen LogP contribution in [0.3, 0.4) is 0 Å². The summed E-state index contributed by atoms with van der Waals surface area (Å²) in [5.74, 6) is 1.49. The van der Waals surface area contributed by atoms with E-state index in [2.05, 4.69) is 0 Å². The van der Waals surface area contributed by atoms with E-state index in [4.69, 9.17) is 0 Å². The molecule has 0 bridgehead atoms. The molecule has 2 fully saturated rings. The first-order valence-corrected chi connectivity index (χ1v) is 6.45. The van der Waals surface area contributed by atoms with Gasteiger partial charge in [0.15, 0.2) is 0 Å². The van der Waals surface area contributed by atoms with Crippen LogP contribution in [0.5, 0.6) is 0 Å². The summed E-state index contributed by atoms with van der Waals surface area (Å²) in [6.45, 7) is 5.37. The second-order valence-electron chi connectivity index (χ2n) is 5.23. The van der Waals surface area contributed by atoms with Gasteiger partial charge in [-0.05, 0) is 25.2 Å². The highest BCUT2D eigenvalue weighted by atomic mass is 16.2. The zero-order chi connectivity index (χ0) is 11.7. The van der Waals surface area contributed by atoms with Crippen molar-refractivity contribution in [3.8, 4) is 0 Å². The Labute approximate surface area is 97.2 Å². The molecule has 0 aromatic heterocycles. The Morgan fingerprint density at radius 2 is 2.19 bits per heavy atom. The van der Waals surface area contributed by atoms with Gasteiger partial charge in [0.05, 0.1) is 0 Å². The SMILES string of the molecule is CCC1CN(C(=O)C(C)C2CC2)CCC1=O. The van der Waals surface area contributed by atoms with E-state index >= 15 is 0 Å². The molecule has 90 valence electrons. The van der Waals surface area contributed by atoms with Crippen LogP contribution in [0, 0.1) is 17.8 Å². The highest BCUT2D eigenvalue weighted by Gasteiger charge is 2.37. The van der Waals surface area contributed by atoms with Gasteiger partial charge in [0, 0.05) is 31.3 Å². The number of likely N-dealkylation sites (tertiary alicyclic amines) is 1. The molecule has 1 saturated heterocycles. The van der Waals surface area contributed by atoms with Crippen molar-refractivity contribution in [1.82, 2.24) is 4.90 Å². The number of carbonyl (C=O) groups excluding carboxylic acids is 2. The molecule has 3 nitrogen and oxygen atoms in total. The summed E-state index contributed by atoms with van der Waals surface area (Å²) >= 11 is 0. The molecule has 16 heavy (non-hydrogen) atoms. The molecule has 0 aromatic carbocycles. The summed E-state index contributed by atoms with van der Waals surface area (Å²) in [5.41, 5.74) is 0. The van der Waals surface area contributed by atoms with Gasteiger partial charge in [-0.2, -0.15) is 0 Å². The molecule has 1 heterocycles. The third kappa shape index (κ3) is 2.28. The summed E-state index contributed by atoms with van der Waals surface area (Å²) in [7, 11) is 0. The number of Topliss-reactive ketones (excluding diaryl/α,β-unsaturated/α-hetero) is 1. The summed E-state index contributed by atoms with van der Waals surface area (Å²) in [6, 6.07) is 0. The molecule has 1 aliphatic carbocycles. The van der Waals surface area contributed by atoms with Crippen LogP contribution in [0.2, 0.25) is 0 Å². The number of hydrogen-bond acceptors (Lipinski definition) is 2. The molecule has 0 radical (unpaired) electrons. The lowest BCUT2D eigenvalue weighted by Gasteiger charge is -2.33. The van der Waals surface area contributed by atoms with Gasteiger partial charge in [-0.3, -0.25) is 9.59 Å². The van der Waals surface area contributed by atoms with Crippen molar-refractivity contribution in [2.24, 2.45) is 17.8 Å². The van der Waals surface area contributed by atoms with Crippen LogP contribution < -0.4 is 0 Å². The summed E-state index contributed by atoms with van der Waals surface area (Å²) in [5, 5.41) is 0. The number of piperidine rings is 1. The zero-order valence-electron chi connectivity index (χ0n) is 10.2. The van der Waals surface area contributed by atoms with Crippen molar-refractivity contribution >= 4 is 11.7 Å². The molecule has 1 saturated carbocycles. The Balaban J connectivity index is 1.94. The van der Waals surface area contributed by atoms with Crippen LogP contribution in [0.25, 0.3) is 0 Å². The highest BCUT2D eigenvalue weighted by Crippen LogP contribution is 2.37. The van der Waals surface area contributed by atoms with Gasteiger partial charge in [0.1, 0.15) is 5.78 Å². The van der Waals surface area contributed by atoms with Crippen LogP contribution >= 0.6 is 0 Å². The number of rotatable bonds is 3. The molecule has 0 spiro atoms. The van der Waals surface area contributed by atoms with Gasteiger partial charge in [-0.25, -0.2) is 0 Å². The lowest BCUT2D eigenvalue weighted by Crippen LogP contribution is -2.46. The second-order valence-corrected chi connectivity index (χ2v) is 5.23. The number of amides is 1. The Morgan fingerprint density at radius 3 is 2.75 bits per heavy atom. The van der Waals surface area contributed by atoms with Crippen molar-refractivity contribution in [3.63, 3.8) is 0 Å². The molecule has 1 amide bonds. The van der Waals surface area contributed by atoms with Crippen LogP contribution in [0.4, 0.5) is 0 Å².